The van der Waals surface area contributed by atoms with E-state index in [0.29, 0.717) is 23.9 Å². The molecule has 3 rings (SSSR count). The maximum absolute atomic E-state index is 12.7. The number of aromatic nitrogens is 1. The third kappa shape index (κ3) is 5.44. The highest BCUT2D eigenvalue weighted by atomic mass is 35.5. The molecule has 1 aliphatic heterocycles. The lowest BCUT2D eigenvalue weighted by molar-refractivity contribution is -0.135. The van der Waals surface area contributed by atoms with Gasteiger partial charge in [-0.2, -0.15) is 0 Å². The Labute approximate surface area is 152 Å². The summed E-state index contributed by atoms with van der Waals surface area (Å²) in [6.07, 6.45) is 5.58. The summed E-state index contributed by atoms with van der Waals surface area (Å²) in [7, 11) is 0. The van der Waals surface area contributed by atoms with Crippen LogP contribution in [0, 0.1) is 0 Å². The molecule has 1 amide bonds. The van der Waals surface area contributed by atoms with Gasteiger partial charge in [-0.1, -0.05) is 17.7 Å². The molecule has 1 saturated heterocycles. The first kappa shape index (κ1) is 17.7. The van der Waals surface area contributed by atoms with Crippen LogP contribution in [0.3, 0.4) is 0 Å². The minimum atomic E-state index is -0.0766. The minimum Gasteiger partial charge on any atom is -0.484 e. The molecular formula is C19H21ClN2O3. The average Bonchev–Trinajstić information content (AvgIpc) is 3.13. The van der Waals surface area contributed by atoms with E-state index in [1.165, 1.54) is 0 Å². The van der Waals surface area contributed by atoms with Gasteiger partial charge in [-0.05, 0) is 48.7 Å². The first-order valence-electron chi connectivity index (χ1n) is 8.37. The van der Waals surface area contributed by atoms with E-state index < -0.39 is 0 Å². The summed E-state index contributed by atoms with van der Waals surface area (Å²) in [5, 5.41) is 0.581. The molecule has 5 nitrogen and oxygen atoms in total. The van der Waals surface area contributed by atoms with Crippen LogP contribution in [0.2, 0.25) is 5.02 Å². The molecule has 0 spiro atoms. The summed E-state index contributed by atoms with van der Waals surface area (Å²) in [5.74, 6) is 0.508. The summed E-state index contributed by atoms with van der Waals surface area (Å²) < 4.78 is 11.3. The van der Waals surface area contributed by atoms with Crippen molar-refractivity contribution in [3.63, 3.8) is 0 Å². The van der Waals surface area contributed by atoms with Crippen LogP contribution in [-0.2, 0) is 16.1 Å². The molecule has 1 atom stereocenters. The smallest absolute Gasteiger partial charge is 0.260 e. The number of carbonyl (C=O) groups excluding carboxylic acids is 1. The lowest BCUT2D eigenvalue weighted by atomic mass is 10.2. The van der Waals surface area contributed by atoms with Crippen molar-refractivity contribution in [1.29, 1.82) is 0 Å². The predicted molar refractivity (Wildman–Crippen MR) is 95.6 cm³/mol. The van der Waals surface area contributed by atoms with Crippen LogP contribution in [0.1, 0.15) is 18.4 Å². The highest BCUT2D eigenvalue weighted by Crippen LogP contribution is 2.18. The standard InChI is InChI=1S/C19H21ClN2O3/c20-16-3-1-4-17(11-16)25-14-19(23)22(13-18-5-2-10-24-18)12-15-6-8-21-9-7-15/h1,3-4,6-9,11,18H,2,5,10,12-14H2/t18-/m0/s1. The van der Waals surface area contributed by atoms with Gasteiger partial charge in [0.25, 0.3) is 5.91 Å². The monoisotopic (exact) mass is 360 g/mol. The average molecular weight is 361 g/mol. The van der Waals surface area contributed by atoms with Gasteiger partial charge < -0.3 is 14.4 Å². The largest absolute Gasteiger partial charge is 0.484 e. The molecule has 0 bridgehead atoms. The van der Waals surface area contributed by atoms with Gasteiger partial charge in [0.1, 0.15) is 5.75 Å². The van der Waals surface area contributed by atoms with E-state index in [0.717, 1.165) is 25.0 Å². The number of rotatable bonds is 7. The molecule has 6 heteroatoms. The van der Waals surface area contributed by atoms with Gasteiger partial charge in [-0.3, -0.25) is 9.78 Å². The van der Waals surface area contributed by atoms with Crippen LogP contribution < -0.4 is 4.74 Å². The second-order valence-corrected chi connectivity index (χ2v) is 6.45. The Hall–Kier alpha value is -2.11. The molecule has 0 radical (unpaired) electrons. The number of carbonyl (C=O) groups is 1. The third-order valence-corrected chi connectivity index (χ3v) is 4.32. The van der Waals surface area contributed by atoms with Gasteiger partial charge in [0.15, 0.2) is 6.61 Å². The van der Waals surface area contributed by atoms with E-state index in [1.807, 2.05) is 12.1 Å². The van der Waals surface area contributed by atoms with E-state index >= 15 is 0 Å². The molecule has 132 valence electrons. The first-order chi connectivity index (χ1) is 12.2. The molecule has 1 fully saturated rings. The number of hydrogen-bond acceptors (Lipinski definition) is 4. The Morgan fingerprint density at radius 1 is 1.32 bits per heavy atom. The molecule has 0 aliphatic carbocycles. The fourth-order valence-corrected chi connectivity index (χ4v) is 2.97. The Kier molecular flexibility index (Phi) is 6.25. The third-order valence-electron chi connectivity index (χ3n) is 4.08. The van der Waals surface area contributed by atoms with E-state index in [9.17, 15) is 4.79 Å². The Morgan fingerprint density at radius 2 is 2.16 bits per heavy atom. The maximum Gasteiger partial charge on any atom is 0.260 e. The van der Waals surface area contributed by atoms with Gasteiger partial charge in [-0.25, -0.2) is 0 Å². The quantitative estimate of drug-likeness (QED) is 0.760. The maximum atomic E-state index is 12.7. The van der Waals surface area contributed by atoms with Crippen LogP contribution in [0.4, 0.5) is 0 Å². The van der Waals surface area contributed by atoms with E-state index in [4.69, 9.17) is 21.1 Å². The fourth-order valence-electron chi connectivity index (χ4n) is 2.79. The Bertz CT molecular complexity index is 690. The van der Waals surface area contributed by atoms with Crippen molar-refractivity contribution in [3.05, 3.63) is 59.4 Å². The van der Waals surface area contributed by atoms with E-state index in [-0.39, 0.29) is 18.6 Å². The van der Waals surface area contributed by atoms with E-state index in [2.05, 4.69) is 4.98 Å². The van der Waals surface area contributed by atoms with Crippen LogP contribution in [0.25, 0.3) is 0 Å². The minimum absolute atomic E-state index is 0.0296. The second kappa shape index (κ2) is 8.83. The van der Waals surface area contributed by atoms with Crippen LogP contribution in [-0.4, -0.2) is 41.7 Å². The normalized spacial score (nSPS) is 16.6. The number of benzene rings is 1. The lowest BCUT2D eigenvalue weighted by Crippen LogP contribution is -2.39. The molecule has 2 aromatic rings. The van der Waals surface area contributed by atoms with Gasteiger partial charge in [-0.15, -0.1) is 0 Å². The zero-order valence-electron chi connectivity index (χ0n) is 13.9. The summed E-state index contributed by atoms with van der Waals surface area (Å²) in [6, 6.07) is 10.9. The number of pyridine rings is 1. The van der Waals surface area contributed by atoms with Crippen LogP contribution in [0.5, 0.6) is 5.75 Å². The van der Waals surface area contributed by atoms with Crippen molar-refractivity contribution in [3.8, 4) is 5.75 Å². The Balaban J connectivity index is 1.63. The molecule has 25 heavy (non-hydrogen) atoms. The number of nitrogens with zero attached hydrogens (tertiary/aromatic N) is 2. The zero-order valence-corrected chi connectivity index (χ0v) is 14.7. The number of hydrogen-bond donors (Lipinski definition) is 0. The number of ether oxygens (including phenoxy) is 2. The molecule has 0 saturated carbocycles. The van der Waals surface area contributed by atoms with Crippen molar-refractivity contribution in [2.75, 3.05) is 19.8 Å². The second-order valence-electron chi connectivity index (χ2n) is 6.01. The highest BCUT2D eigenvalue weighted by molar-refractivity contribution is 6.30. The Morgan fingerprint density at radius 3 is 2.88 bits per heavy atom. The van der Waals surface area contributed by atoms with Crippen molar-refractivity contribution in [1.82, 2.24) is 9.88 Å². The van der Waals surface area contributed by atoms with Gasteiger partial charge in [0.2, 0.25) is 0 Å². The SMILES string of the molecule is O=C(COc1cccc(Cl)c1)N(Cc1ccncc1)C[C@@H]1CCCO1. The van der Waals surface area contributed by atoms with Crippen molar-refractivity contribution in [2.24, 2.45) is 0 Å². The summed E-state index contributed by atoms with van der Waals surface area (Å²) in [5.41, 5.74) is 1.03. The van der Waals surface area contributed by atoms with Crippen molar-refractivity contribution in [2.45, 2.75) is 25.5 Å². The van der Waals surface area contributed by atoms with Gasteiger partial charge in [0.05, 0.1) is 6.10 Å². The van der Waals surface area contributed by atoms with Gasteiger partial charge in [0, 0.05) is 37.1 Å². The summed E-state index contributed by atoms with van der Waals surface area (Å²) in [6.45, 7) is 1.82. The first-order valence-corrected chi connectivity index (χ1v) is 8.75. The molecular weight excluding hydrogens is 340 g/mol. The van der Waals surface area contributed by atoms with Crippen molar-refractivity contribution < 1.29 is 14.3 Å². The summed E-state index contributed by atoms with van der Waals surface area (Å²) in [4.78, 5) is 18.5. The molecule has 0 N–H and O–H groups in total. The van der Waals surface area contributed by atoms with Crippen LogP contribution >= 0.6 is 11.6 Å². The molecule has 1 aromatic carbocycles. The van der Waals surface area contributed by atoms with Crippen LogP contribution in [0.15, 0.2) is 48.8 Å². The predicted octanol–water partition coefficient (Wildman–Crippen LogP) is 3.32. The van der Waals surface area contributed by atoms with Gasteiger partial charge >= 0.3 is 0 Å². The lowest BCUT2D eigenvalue weighted by Gasteiger charge is -2.25. The summed E-state index contributed by atoms with van der Waals surface area (Å²) >= 11 is 5.95. The molecule has 2 heterocycles. The number of halogens is 1. The molecule has 1 aromatic heterocycles. The van der Waals surface area contributed by atoms with E-state index in [1.54, 1.807) is 41.6 Å². The number of amides is 1. The van der Waals surface area contributed by atoms with Crippen molar-refractivity contribution >= 4 is 17.5 Å². The topological polar surface area (TPSA) is 51.7 Å². The fraction of sp³-hybridized carbons (Fsp3) is 0.368. The molecule has 0 unspecified atom stereocenters. The zero-order chi connectivity index (χ0) is 17.5. The molecule has 1 aliphatic rings. The highest BCUT2D eigenvalue weighted by Gasteiger charge is 2.23.